The summed E-state index contributed by atoms with van der Waals surface area (Å²) in [5.74, 6) is -1.14. The van der Waals surface area contributed by atoms with Gasteiger partial charge >= 0.3 is 12.3 Å². The highest BCUT2D eigenvalue weighted by Gasteiger charge is 2.32. The molecule has 0 unspecified atom stereocenters. The Morgan fingerprint density at radius 1 is 1.02 bits per heavy atom. The fraction of sp³-hybridized carbons (Fsp3) is 0.214. The number of fused-ring (bicyclic) bond motifs is 1. The number of benzene rings is 3. The summed E-state index contributed by atoms with van der Waals surface area (Å²) in [5, 5.41) is 9.55. The van der Waals surface area contributed by atoms with Gasteiger partial charge < -0.3 is 19.3 Å². The summed E-state index contributed by atoms with van der Waals surface area (Å²) in [5.41, 5.74) is 2.49. The highest BCUT2D eigenvalue weighted by Crippen LogP contribution is 2.37. The van der Waals surface area contributed by atoms with Gasteiger partial charge in [0.1, 0.15) is 17.2 Å². The lowest BCUT2D eigenvalue weighted by atomic mass is 10.0. The molecule has 7 nitrogen and oxygen atoms in total. The Balaban J connectivity index is 1.84. The molecule has 0 aliphatic rings. The maximum Gasteiger partial charge on any atom is 0.573 e. The molecule has 0 saturated carbocycles. The molecule has 0 amide bonds. The smallest absolute Gasteiger partial charge is 0.494 e. The van der Waals surface area contributed by atoms with E-state index in [-0.39, 0.29) is 6.42 Å². The fourth-order valence-corrected chi connectivity index (χ4v) is 5.85. The maximum atomic E-state index is 13.8. The molecule has 1 heterocycles. The molecule has 40 heavy (non-hydrogen) atoms. The first kappa shape index (κ1) is 29.5. The summed E-state index contributed by atoms with van der Waals surface area (Å²) in [6, 6.07) is 13.7. The number of carbonyl (C=O) groups excluding carboxylic acids is 1. The van der Waals surface area contributed by atoms with Gasteiger partial charge in [-0.25, -0.2) is 4.79 Å². The first-order valence-corrected chi connectivity index (χ1v) is 13.3. The third-order valence-corrected chi connectivity index (χ3v) is 7.31. The van der Waals surface area contributed by atoms with Crippen LogP contribution in [-0.2, 0) is 11.2 Å². The van der Waals surface area contributed by atoms with E-state index in [1.807, 2.05) is 0 Å². The van der Waals surface area contributed by atoms with E-state index < -0.39 is 30.1 Å². The third-order valence-electron chi connectivity index (χ3n) is 6.13. The largest absolute Gasteiger partial charge is 0.573 e. The summed E-state index contributed by atoms with van der Waals surface area (Å²) >= 11 is 6.80. The fourth-order valence-electron chi connectivity index (χ4n) is 4.34. The standard InChI is InChI=1S/C28H22Br2F3NO6/c1-14-20(10-16-5-4-6-18(9-16)39-15(2)27(36)37)21-13-19(40-28(31,32)33)7-8-24(21)34(14)26(35)17-11-22(29)25(38-3)23(30)12-17/h4-9,11-13,15H,10H2,1-3H3,(H,36,37)/t15-/m0/s1. The Labute approximate surface area is 243 Å². The van der Waals surface area contributed by atoms with Crippen LogP contribution in [0.1, 0.15) is 34.1 Å². The predicted molar refractivity (Wildman–Crippen MR) is 148 cm³/mol. The molecule has 1 N–H and O–H groups in total. The Morgan fingerprint density at radius 3 is 2.30 bits per heavy atom. The van der Waals surface area contributed by atoms with Crippen LogP contribution in [-0.4, -0.2) is 41.1 Å². The minimum atomic E-state index is -4.89. The number of carboxylic acids is 1. The molecule has 3 aromatic carbocycles. The van der Waals surface area contributed by atoms with Gasteiger partial charge in [0, 0.05) is 16.6 Å². The minimum Gasteiger partial charge on any atom is -0.494 e. The molecule has 0 aliphatic heterocycles. The van der Waals surface area contributed by atoms with Crippen LogP contribution in [0.4, 0.5) is 13.2 Å². The van der Waals surface area contributed by atoms with Gasteiger partial charge in [0.15, 0.2) is 6.10 Å². The van der Waals surface area contributed by atoms with E-state index in [4.69, 9.17) is 14.6 Å². The average molecular weight is 685 g/mol. The number of alkyl halides is 3. The SMILES string of the molecule is COc1c(Br)cc(C(=O)n2c(C)c(Cc3cccc(O[C@@H](C)C(=O)O)c3)c3cc(OC(F)(F)F)ccc32)cc1Br. The molecule has 0 bridgehead atoms. The van der Waals surface area contributed by atoms with Crippen molar-refractivity contribution in [1.29, 1.82) is 0 Å². The second-order valence-electron chi connectivity index (χ2n) is 8.83. The van der Waals surface area contributed by atoms with Crippen molar-refractivity contribution < 1.29 is 42.1 Å². The number of aromatic nitrogens is 1. The summed E-state index contributed by atoms with van der Waals surface area (Å²) in [6.07, 6.45) is -5.76. The van der Waals surface area contributed by atoms with Gasteiger partial charge in [-0.1, -0.05) is 12.1 Å². The van der Waals surface area contributed by atoms with Crippen LogP contribution in [0.25, 0.3) is 10.9 Å². The number of rotatable bonds is 8. The van der Waals surface area contributed by atoms with E-state index in [0.717, 1.165) is 6.07 Å². The van der Waals surface area contributed by atoms with E-state index in [9.17, 15) is 22.8 Å². The molecular weight excluding hydrogens is 663 g/mol. The highest BCUT2D eigenvalue weighted by molar-refractivity contribution is 9.11. The lowest BCUT2D eigenvalue weighted by Gasteiger charge is -2.12. The zero-order chi connectivity index (χ0) is 29.4. The van der Waals surface area contributed by atoms with Crippen molar-refractivity contribution >= 4 is 54.6 Å². The van der Waals surface area contributed by atoms with Crippen molar-refractivity contribution in [3.8, 4) is 17.2 Å². The Morgan fingerprint density at radius 2 is 1.70 bits per heavy atom. The predicted octanol–water partition coefficient (Wildman–Crippen LogP) is 7.51. The highest BCUT2D eigenvalue weighted by atomic mass is 79.9. The topological polar surface area (TPSA) is 87.0 Å². The summed E-state index contributed by atoms with van der Waals surface area (Å²) < 4.78 is 56.5. The first-order chi connectivity index (χ1) is 18.8. The number of ether oxygens (including phenoxy) is 3. The minimum absolute atomic E-state index is 0.215. The zero-order valence-electron chi connectivity index (χ0n) is 21.3. The summed E-state index contributed by atoms with van der Waals surface area (Å²) in [6.45, 7) is 3.11. The lowest BCUT2D eigenvalue weighted by molar-refractivity contribution is -0.274. The molecular formula is C28H22Br2F3NO6. The van der Waals surface area contributed by atoms with Crippen LogP contribution in [0.5, 0.6) is 17.2 Å². The molecule has 0 aliphatic carbocycles. The molecule has 4 aromatic rings. The van der Waals surface area contributed by atoms with Crippen LogP contribution >= 0.6 is 31.9 Å². The number of carbonyl (C=O) groups is 2. The summed E-state index contributed by atoms with van der Waals surface area (Å²) in [7, 11) is 1.49. The first-order valence-electron chi connectivity index (χ1n) is 11.7. The second-order valence-corrected chi connectivity index (χ2v) is 10.5. The van der Waals surface area contributed by atoms with Crippen LogP contribution < -0.4 is 14.2 Å². The molecule has 12 heteroatoms. The number of hydrogen-bond donors (Lipinski definition) is 1. The molecule has 1 atom stereocenters. The van der Waals surface area contributed by atoms with E-state index in [2.05, 4.69) is 36.6 Å². The molecule has 4 rings (SSSR count). The number of hydrogen-bond acceptors (Lipinski definition) is 5. The quantitative estimate of drug-likeness (QED) is 0.207. The maximum absolute atomic E-state index is 13.8. The van der Waals surface area contributed by atoms with E-state index >= 15 is 0 Å². The van der Waals surface area contributed by atoms with Gasteiger partial charge in [-0.3, -0.25) is 9.36 Å². The van der Waals surface area contributed by atoms with Crippen molar-refractivity contribution in [3.05, 3.63) is 85.9 Å². The van der Waals surface area contributed by atoms with Crippen LogP contribution in [0, 0.1) is 6.92 Å². The van der Waals surface area contributed by atoms with Crippen molar-refractivity contribution in [2.24, 2.45) is 0 Å². The molecule has 1 aromatic heterocycles. The molecule has 0 saturated heterocycles. The van der Waals surface area contributed by atoms with Crippen LogP contribution in [0.3, 0.4) is 0 Å². The average Bonchev–Trinajstić information content (AvgIpc) is 3.13. The van der Waals surface area contributed by atoms with Gasteiger partial charge in [0.25, 0.3) is 5.91 Å². The summed E-state index contributed by atoms with van der Waals surface area (Å²) in [4.78, 5) is 25.0. The Bertz CT molecular complexity index is 1590. The normalized spacial score (nSPS) is 12.3. The van der Waals surface area contributed by atoms with Crippen molar-refractivity contribution in [3.63, 3.8) is 0 Å². The van der Waals surface area contributed by atoms with Gasteiger partial charge in [0.2, 0.25) is 0 Å². The number of halogens is 5. The van der Waals surface area contributed by atoms with E-state index in [1.165, 1.54) is 30.7 Å². The van der Waals surface area contributed by atoms with Crippen LogP contribution in [0.2, 0.25) is 0 Å². The van der Waals surface area contributed by atoms with Crippen molar-refractivity contribution in [2.75, 3.05) is 7.11 Å². The molecule has 0 spiro atoms. The number of nitrogens with zero attached hydrogens (tertiary/aromatic N) is 1. The van der Waals surface area contributed by atoms with Crippen LogP contribution in [0.15, 0.2) is 63.5 Å². The number of carboxylic acid groups (broad SMARTS) is 1. The number of aliphatic carboxylic acids is 1. The third kappa shape index (κ3) is 6.28. The van der Waals surface area contributed by atoms with Gasteiger partial charge in [-0.2, -0.15) is 0 Å². The number of methoxy groups -OCH3 is 1. The molecule has 0 fully saturated rings. The zero-order valence-corrected chi connectivity index (χ0v) is 24.5. The Kier molecular flexibility index (Phi) is 8.50. The van der Waals surface area contributed by atoms with E-state index in [0.29, 0.717) is 53.7 Å². The van der Waals surface area contributed by atoms with Crippen molar-refractivity contribution in [1.82, 2.24) is 4.57 Å². The van der Waals surface area contributed by atoms with E-state index in [1.54, 1.807) is 43.3 Å². The lowest BCUT2D eigenvalue weighted by Crippen LogP contribution is -2.22. The van der Waals surface area contributed by atoms with Crippen molar-refractivity contribution in [2.45, 2.75) is 32.7 Å². The van der Waals surface area contributed by atoms with Gasteiger partial charge in [-0.15, -0.1) is 13.2 Å². The van der Waals surface area contributed by atoms with Gasteiger partial charge in [0.05, 0.1) is 21.6 Å². The van der Waals surface area contributed by atoms with Gasteiger partial charge in [-0.05, 0) is 106 Å². The molecule has 210 valence electrons. The Hall–Kier alpha value is -3.51. The second kappa shape index (κ2) is 11.5. The monoisotopic (exact) mass is 683 g/mol. The molecule has 0 radical (unpaired) electrons.